The Balaban J connectivity index is 3.41. The monoisotopic (exact) mass is 162 g/mol. The second-order valence-electron chi connectivity index (χ2n) is 2.18. The van der Waals surface area contributed by atoms with Crippen LogP contribution in [0.1, 0.15) is 26.2 Å². The highest BCUT2D eigenvalue weighted by Crippen LogP contribution is 2.07. The first kappa shape index (κ1) is 9.82. The third-order valence-corrected chi connectivity index (χ3v) is 1.77. The largest absolute Gasteiger partial charge is 0.468 e. The molecule has 2 nitrogen and oxygen atoms in total. The van der Waals surface area contributed by atoms with Gasteiger partial charge in [-0.05, 0) is 6.42 Å². The quantitative estimate of drug-likeness (QED) is 0.502. The molecule has 0 bridgehead atoms. The lowest BCUT2D eigenvalue weighted by molar-refractivity contribution is -0.140. The fraction of sp³-hybridized carbons (Fsp3) is 0.857. The smallest absolute Gasteiger partial charge is 0.318 e. The maximum Gasteiger partial charge on any atom is 0.318 e. The van der Waals surface area contributed by atoms with Gasteiger partial charge in [-0.15, -0.1) is 0 Å². The molecule has 1 unspecified atom stereocenters. The molecule has 3 heteroatoms. The summed E-state index contributed by atoms with van der Waals surface area (Å²) in [5.41, 5.74) is 0. The van der Waals surface area contributed by atoms with E-state index in [2.05, 4.69) is 24.3 Å². The number of esters is 1. The van der Waals surface area contributed by atoms with E-state index in [1.165, 1.54) is 7.11 Å². The summed E-state index contributed by atoms with van der Waals surface area (Å²) in [6, 6.07) is 0. The minimum atomic E-state index is -0.232. The van der Waals surface area contributed by atoms with Crippen molar-refractivity contribution in [1.29, 1.82) is 0 Å². The van der Waals surface area contributed by atoms with Crippen LogP contribution in [0.15, 0.2) is 0 Å². The van der Waals surface area contributed by atoms with Gasteiger partial charge in [-0.3, -0.25) is 4.79 Å². The molecule has 0 spiro atoms. The molecule has 0 rings (SSSR count). The van der Waals surface area contributed by atoms with Crippen LogP contribution in [-0.2, 0) is 9.53 Å². The van der Waals surface area contributed by atoms with Gasteiger partial charge in [0.15, 0.2) is 0 Å². The summed E-state index contributed by atoms with van der Waals surface area (Å²) in [6.45, 7) is 2.08. The van der Waals surface area contributed by atoms with Crippen molar-refractivity contribution >= 4 is 18.6 Å². The lowest BCUT2D eigenvalue weighted by Gasteiger charge is -2.05. The van der Waals surface area contributed by atoms with Crippen LogP contribution in [0.2, 0.25) is 0 Å². The van der Waals surface area contributed by atoms with Crippen molar-refractivity contribution in [3.05, 3.63) is 0 Å². The normalized spacial score (nSPS) is 12.7. The van der Waals surface area contributed by atoms with Gasteiger partial charge in [-0.1, -0.05) is 19.8 Å². The maximum atomic E-state index is 10.7. The van der Waals surface area contributed by atoms with Crippen molar-refractivity contribution < 1.29 is 9.53 Å². The van der Waals surface area contributed by atoms with Gasteiger partial charge in [0.1, 0.15) is 0 Å². The lowest BCUT2D eigenvalue weighted by atomic mass is 10.2. The standard InChI is InChI=1S/C7H14O2S/c1-3-4-5-6(10)7(8)9-2/h6,10H,3-5H2,1-2H3. The number of rotatable bonds is 4. The zero-order chi connectivity index (χ0) is 7.98. The topological polar surface area (TPSA) is 26.3 Å². The Morgan fingerprint density at radius 1 is 1.70 bits per heavy atom. The number of ether oxygens (including phenoxy) is 1. The van der Waals surface area contributed by atoms with Crippen LogP contribution >= 0.6 is 12.6 Å². The summed E-state index contributed by atoms with van der Waals surface area (Å²) in [6.07, 6.45) is 2.93. The molecule has 0 aliphatic heterocycles. The Kier molecular flexibility index (Phi) is 5.49. The molecule has 0 heterocycles. The second kappa shape index (κ2) is 5.59. The lowest BCUT2D eigenvalue weighted by Crippen LogP contribution is -2.15. The van der Waals surface area contributed by atoms with E-state index in [4.69, 9.17) is 0 Å². The highest BCUT2D eigenvalue weighted by atomic mass is 32.1. The summed E-state index contributed by atoms with van der Waals surface area (Å²) in [7, 11) is 1.39. The Morgan fingerprint density at radius 3 is 2.70 bits per heavy atom. The van der Waals surface area contributed by atoms with Crippen molar-refractivity contribution in [2.24, 2.45) is 0 Å². The minimum Gasteiger partial charge on any atom is -0.468 e. The molecule has 0 N–H and O–H groups in total. The zero-order valence-electron chi connectivity index (χ0n) is 6.46. The predicted octanol–water partition coefficient (Wildman–Crippen LogP) is 1.65. The van der Waals surface area contributed by atoms with Crippen LogP contribution in [0.4, 0.5) is 0 Å². The molecule has 60 valence electrons. The molecule has 0 aliphatic carbocycles. The molecule has 0 aromatic heterocycles. The maximum absolute atomic E-state index is 10.7. The number of unbranched alkanes of at least 4 members (excludes halogenated alkanes) is 1. The Morgan fingerprint density at radius 2 is 2.30 bits per heavy atom. The first-order valence-corrected chi connectivity index (χ1v) is 4.00. The first-order valence-electron chi connectivity index (χ1n) is 3.48. The molecule has 0 saturated heterocycles. The van der Waals surface area contributed by atoms with E-state index in [-0.39, 0.29) is 11.2 Å². The van der Waals surface area contributed by atoms with E-state index in [1.807, 2.05) is 0 Å². The van der Waals surface area contributed by atoms with Gasteiger partial charge in [0.05, 0.1) is 12.4 Å². The number of hydrogen-bond donors (Lipinski definition) is 1. The summed E-state index contributed by atoms with van der Waals surface area (Å²) >= 11 is 4.06. The fourth-order valence-corrected chi connectivity index (χ4v) is 0.939. The summed E-state index contributed by atoms with van der Waals surface area (Å²) in [4.78, 5) is 10.7. The molecule has 10 heavy (non-hydrogen) atoms. The summed E-state index contributed by atoms with van der Waals surface area (Å²) < 4.78 is 4.49. The molecule has 0 aromatic rings. The molecule has 0 fully saturated rings. The first-order chi connectivity index (χ1) is 4.72. The number of carbonyl (C=O) groups is 1. The molecule has 1 atom stereocenters. The highest BCUT2D eigenvalue weighted by Gasteiger charge is 2.11. The van der Waals surface area contributed by atoms with Gasteiger partial charge < -0.3 is 4.74 Å². The van der Waals surface area contributed by atoms with Crippen LogP contribution in [0.3, 0.4) is 0 Å². The van der Waals surface area contributed by atoms with Crippen molar-refractivity contribution in [2.45, 2.75) is 31.4 Å². The van der Waals surface area contributed by atoms with Crippen LogP contribution in [0, 0.1) is 0 Å². The summed E-state index contributed by atoms with van der Waals surface area (Å²) in [5, 5.41) is -0.232. The summed E-state index contributed by atoms with van der Waals surface area (Å²) in [5.74, 6) is -0.225. The van der Waals surface area contributed by atoms with E-state index >= 15 is 0 Å². The highest BCUT2D eigenvalue weighted by molar-refractivity contribution is 7.81. The van der Waals surface area contributed by atoms with Crippen LogP contribution in [-0.4, -0.2) is 18.3 Å². The van der Waals surface area contributed by atoms with Crippen LogP contribution in [0.25, 0.3) is 0 Å². The molecule has 0 aromatic carbocycles. The fourth-order valence-electron chi connectivity index (χ4n) is 0.651. The van der Waals surface area contributed by atoms with Crippen LogP contribution < -0.4 is 0 Å². The zero-order valence-corrected chi connectivity index (χ0v) is 7.36. The van der Waals surface area contributed by atoms with E-state index < -0.39 is 0 Å². The Hall–Kier alpha value is -0.180. The number of thiol groups is 1. The van der Waals surface area contributed by atoms with Gasteiger partial charge >= 0.3 is 5.97 Å². The number of hydrogen-bond acceptors (Lipinski definition) is 3. The molecule has 0 aliphatic rings. The van der Waals surface area contributed by atoms with Gasteiger partial charge in [-0.2, -0.15) is 12.6 Å². The van der Waals surface area contributed by atoms with Gasteiger partial charge in [0.25, 0.3) is 0 Å². The van der Waals surface area contributed by atoms with E-state index in [9.17, 15) is 4.79 Å². The molecular weight excluding hydrogens is 148 g/mol. The minimum absolute atomic E-state index is 0.225. The van der Waals surface area contributed by atoms with Crippen LogP contribution in [0.5, 0.6) is 0 Å². The SMILES string of the molecule is CCCCC(S)C(=O)OC. The molecule has 0 radical (unpaired) electrons. The molecule has 0 saturated carbocycles. The Labute approximate surface area is 67.4 Å². The van der Waals surface area contributed by atoms with Gasteiger partial charge in [0.2, 0.25) is 0 Å². The Bertz CT molecular complexity index is 104. The van der Waals surface area contributed by atoms with Crippen molar-refractivity contribution in [1.82, 2.24) is 0 Å². The average Bonchev–Trinajstić information content (AvgIpc) is 1.98. The van der Waals surface area contributed by atoms with Crippen molar-refractivity contribution in [3.8, 4) is 0 Å². The van der Waals surface area contributed by atoms with E-state index in [0.29, 0.717) is 0 Å². The number of carbonyl (C=O) groups excluding carboxylic acids is 1. The molecular formula is C7H14O2S. The van der Waals surface area contributed by atoms with E-state index in [1.54, 1.807) is 0 Å². The van der Waals surface area contributed by atoms with Crippen molar-refractivity contribution in [3.63, 3.8) is 0 Å². The third kappa shape index (κ3) is 3.77. The van der Waals surface area contributed by atoms with E-state index in [0.717, 1.165) is 19.3 Å². The van der Waals surface area contributed by atoms with Gasteiger partial charge in [-0.25, -0.2) is 0 Å². The number of methoxy groups -OCH3 is 1. The second-order valence-corrected chi connectivity index (χ2v) is 2.80. The molecule has 0 amide bonds. The van der Waals surface area contributed by atoms with Gasteiger partial charge in [0, 0.05) is 0 Å². The third-order valence-electron chi connectivity index (χ3n) is 1.30. The van der Waals surface area contributed by atoms with Crippen molar-refractivity contribution in [2.75, 3.05) is 7.11 Å². The predicted molar refractivity (Wildman–Crippen MR) is 44.3 cm³/mol. The average molecular weight is 162 g/mol.